The Morgan fingerprint density at radius 3 is 1.46 bits per heavy atom. The summed E-state index contributed by atoms with van der Waals surface area (Å²) in [7, 11) is 0. The zero-order valence-electron chi connectivity index (χ0n) is 8.20. The molecule has 4 nitrogen and oxygen atoms in total. The summed E-state index contributed by atoms with van der Waals surface area (Å²) in [5.74, 6) is -1.24. The Hall–Kier alpha value is -0.710. The highest BCUT2D eigenvalue weighted by atomic mass is 32.2. The lowest BCUT2D eigenvalue weighted by Gasteiger charge is -2.05. The van der Waals surface area contributed by atoms with Gasteiger partial charge in [0.25, 0.3) is 12.3 Å². The van der Waals surface area contributed by atoms with Gasteiger partial charge < -0.3 is 8.37 Å². The van der Waals surface area contributed by atoms with Crippen molar-refractivity contribution >= 4 is 24.3 Å². The van der Waals surface area contributed by atoms with Crippen molar-refractivity contribution in [2.75, 3.05) is 0 Å². The molecule has 0 spiro atoms. The lowest BCUT2D eigenvalue weighted by molar-refractivity contribution is -0.139. The van der Waals surface area contributed by atoms with Gasteiger partial charge in [0.05, 0.1) is 11.8 Å². The average molecular weight is 206 g/mol. The number of hydrogen-bond acceptors (Lipinski definition) is 5. The summed E-state index contributed by atoms with van der Waals surface area (Å²) in [6, 6.07) is 0. The minimum absolute atomic E-state index is 0.217. The molecule has 0 aromatic rings. The van der Waals surface area contributed by atoms with Gasteiger partial charge >= 0.3 is 11.9 Å². The molecular formula is C8H14O4S. The molecule has 0 unspecified atom stereocenters. The molecule has 0 aliphatic heterocycles. The van der Waals surface area contributed by atoms with Crippen LogP contribution in [0.15, 0.2) is 0 Å². The Morgan fingerprint density at radius 1 is 0.923 bits per heavy atom. The number of hydrogen-bond donors (Lipinski definition) is 0. The molecule has 0 saturated heterocycles. The van der Waals surface area contributed by atoms with Gasteiger partial charge in [-0.2, -0.15) is 0 Å². The maximum atomic E-state index is 10.9. The number of carbonyl (C=O) groups excluding carboxylic acids is 2. The van der Waals surface area contributed by atoms with E-state index in [-0.39, 0.29) is 11.8 Å². The lowest BCUT2D eigenvalue weighted by Crippen LogP contribution is -2.11. The van der Waals surface area contributed by atoms with Gasteiger partial charge in [-0.05, 0) is 0 Å². The standard InChI is InChI=1S/C8H14O4S/c1-5(2)7(9)11-13-12-8(10)6(3)4/h5-6H,1-4H3. The molecule has 0 aliphatic rings. The minimum Gasteiger partial charge on any atom is -0.354 e. The second-order valence-corrected chi connectivity index (χ2v) is 3.65. The van der Waals surface area contributed by atoms with Crippen LogP contribution in [-0.2, 0) is 18.0 Å². The van der Waals surface area contributed by atoms with Gasteiger partial charge in [0.15, 0.2) is 0 Å². The predicted octanol–water partition coefficient (Wildman–Crippen LogP) is 1.95. The van der Waals surface area contributed by atoms with Crippen molar-refractivity contribution in [1.82, 2.24) is 0 Å². The quantitative estimate of drug-likeness (QED) is 0.658. The minimum atomic E-state index is -0.401. The Kier molecular flexibility index (Phi) is 5.53. The molecule has 0 heterocycles. The average Bonchev–Trinajstić information content (AvgIpc) is 2.03. The largest absolute Gasteiger partial charge is 0.354 e. The highest BCUT2D eigenvalue weighted by Crippen LogP contribution is 2.11. The smallest absolute Gasteiger partial charge is 0.323 e. The Labute approximate surface area is 82.4 Å². The molecule has 0 aromatic heterocycles. The molecule has 5 heteroatoms. The first-order valence-corrected chi connectivity index (χ1v) is 4.70. The summed E-state index contributed by atoms with van der Waals surface area (Å²) >= 11 is 0.427. The fourth-order valence-corrected chi connectivity index (χ4v) is 0.830. The Bertz CT molecular complexity index is 169. The van der Waals surface area contributed by atoms with Crippen molar-refractivity contribution in [2.45, 2.75) is 27.7 Å². The van der Waals surface area contributed by atoms with Gasteiger partial charge in [0.1, 0.15) is 0 Å². The lowest BCUT2D eigenvalue weighted by atomic mass is 10.2. The van der Waals surface area contributed by atoms with E-state index in [1.165, 1.54) is 0 Å². The third-order valence-electron chi connectivity index (χ3n) is 1.18. The first-order chi connectivity index (χ1) is 5.95. The van der Waals surface area contributed by atoms with Crippen LogP contribution >= 0.6 is 12.3 Å². The molecule has 0 amide bonds. The zero-order valence-corrected chi connectivity index (χ0v) is 9.01. The molecule has 76 valence electrons. The van der Waals surface area contributed by atoms with Crippen molar-refractivity contribution in [3.05, 3.63) is 0 Å². The number of carbonyl (C=O) groups is 2. The third-order valence-corrected chi connectivity index (χ3v) is 1.64. The second-order valence-electron chi connectivity index (χ2n) is 3.18. The maximum Gasteiger partial charge on any atom is 0.323 e. The van der Waals surface area contributed by atoms with Crippen LogP contribution in [0.5, 0.6) is 0 Å². The highest BCUT2D eigenvalue weighted by Gasteiger charge is 2.13. The molecule has 0 N–H and O–H groups in total. The van der Waals surface area contributed by atoms with Gasteiger partial charge in [0.2, 0.25) is 0 Å². The SMILES string of the molecule is CC(C)C(=O)OSOC(=O)C(C)C. The van der Waals surface area contributed by atoms with Crippen molar-refractivity contribution < 1.29 is 18.0 Å². The van der Waals surface area contributed by atoms with Crippen LogP contribution in [0.25, 0.3) is 0 Å². The van der Waals surface area contributed by atoms with Crippen LogP contribution in [0.4, 0.5) is 0 Å². The monoisotopic (exact) mass is 206 g/mol. The fourth-order valence-electron chi connectivity index (χ4n) is 0.277. The summed E-state index contributed by atoms with van der Waals surface area (Å²) < 4.78 is 9.12. The molecule has 0 fully saturated rings. The zero-order chi connectivity index (χ0) is 10.4. The van der Waals surface area contributed by atoms with E-state index < -0.39 is 11.9 Å². The van der Waals surface area contributed by atoms with Crippen LogP contribution in [0, 0.1) is 11.8 Å². The van der Waals surface area contributed by atoms with Gasteiger partial charge in [0, 0.05) is 0 Å². The van der Waals surface area contributed by atoms with E-state index >= 15 is 0 Å². The van der Waals surface area contributed by atoms with Gasteiger partial charge in [-0.3, -0.25) is 9.59 Å². The fraction of sp³-hybridized carbons (Fsp3) is 0.750. The Balaban J connectivity index is 3.57. The van der Waals surface area contributed by atoms with E-state index in [9.17, 15) is 9.59 Å². The van der Waals surface area contributed by atoms with Crippen molar-refractivity contribution in [3.8, 4) is 0 Å². The van der Waals surface area contributed by atoms with Crippen LogP contribution in [0.3, 0.4) is 0 Å². The van der Waals surface area contributed by atoms with Gasteiger partial charge in [-0.1, -0.05) is 27.7 Å². The van der Waals surface area contributed by atoms with E-state index in [1.54, 1.807) is 27.7 Å². The van der Waals surface area contributed by atoms with E-state index in [4.69, 9.17) is 0 Å². The van der Waals surface area contributed by atoms with Crippen molar-refractivity contribution in [1.29, 1.82) is 0 Å². The summed E-state index contributed by atoms with van der Waals surface area (Å²) in [6.07, 6.45) is 0. The maximum absolute atomic E-state index is 10.9. The van der Waals surface area contributed by atoms with E-state index in [2.05, 4.69) is 8.37 Å². The summed E-state index contributed by atoms with van der Waals surface area (Å²) in [4.78, 5) is 21.7. The number of rotatable bonds is 4. The van der Waals surface area contributed by atoms with Gasteiger partial charge in [-0.25, -0.2) is 0 Å². The third kappa shape index (κ3) is 5.52. The molecular weight excluding hydrogens is 192 g/mol. The van der Waals surface area contributed by atoms with Crippen molar-refractivity contribution in [2.24, 2.45) is 11.8 Å². The molecule has 0 rings (SSSR count). The van der Waals surface area contributed by atoms with Gasteiger partial charge in [-0.15, -0.1) is 0 Å². The molecule has 0 atom stereocenters. The molecule has 13 heavy (non-hydrogen) atoms. The van der Waals surface area contributed by atoms with E-state index in [0.717, 1.165) is 0 Å². The van der Waals surface area contributed by atoms with Crippen LogP contribution in [0.2, 0.25) is 0 Å². The predicted molar refractivity (Wildman–Crippen MR) is 49.5 cm³/mol. The first kappa shape index (κ1) is 12.3. The topological polar surface area (TPSA) is 52.6 Å². The summed E-state index contributed by atoms with van der Waals surface area (Å²) in [5.41, 5.74) is 0. The highest BCUT2D eigenvalue weighted by molar-refractivity contribution is 7.90. The summed E-state index contributed by atoms with van der Waals surface area (Å²) in [5, 5.41) is 0. The molecule has 0 bridgehead atoms. The second kappa shape index (κ2) is 5.85. The van der Waals surface area contributed by atoms with Crippen molar-refractivity contribution in [3.63, 3.8) is 0 Å². The van der Waals surface area contributed by atoms with Crippen LogP contribution in [0.1, 0.15) is 27.7 Å². The van der Waals surface area contributed by atoms with E-state index in [1.807, 2.05) is 0 Å². The van der Waals surface area contributed by atoms with Crippen LogP contribution < -0.4 is 0 Å². The molecule has 0 saturated carbocycles. The summed E-state index contributed by atoms with van der Waals surface area (Å²) in [6.45, 7) is 6.81. The first-order valence-electron chi connectivity index (χ1n) is 4.04. The molecule has 0 radical (unpaired) electrons. The Morgan fingerprint density at radius 2 is 1.23 bits per heavy atom. The molecule has 0 aliphatic carbocycles. The normalized spacial score (nSPS) is 10.3. The van der Waals surface area contributed by atoms with Crippen LogP contribution in [-0.4, -0.2) is 11.9 Å². The molecule has 0 aromatic carbocycles. The van der Waals surface area contributed by atoms with E-state index in [0.29, 0.717) is 12.3 Å².